The molecule has 42 valence electrons. The van der Waals surface area contributed by atoms with Crippen molar-refractivity contribution in [1.82, 2.24) is 0 Å². The molecule has 0 nitrogen and oxygen atoms in total. The molecule has 0 amide bonds. The van der Waals surface area contributed by atoms with Crippen LogP contribution in [0.5, 0.6) is 0 Å². The summed E-state index contributed by atoms with van der Waals surface area (Å²) in [7, 11) is 0. The molecule has 1 aromatic carbocycles. The summed E-state index contributed by atoms with van der Waals surface area (Å²) in [5.41, 5.74) is 0. The molecule has 0 aliphatic heterocycles. The fraction of sp³-hybridized carbons (Fsp3) is 0. The second kappa shape index (κ2) is 2.67. The molecular formula is C6H4BrSe-. The Kier molecular flexibility index (Phi) is 2.12. The third-order valence-electron chi connectivity index (χ3n) is 0.814. The molecule has 8 heavy (non-hydrogen) atoms. The van der Waals surface area contributed by atoms with Crippen LogP contribution in [0.1, 0.15) is 0 Å². The first kappa shape index (κ1) is 6.34. The van der Waals surface area contributed by atoms with E-state index in [1.54, 1.807) is 0 Å². The SMILES string of the molecule is [Se-]c1ccc(Br)cc1. The minimum atomic E-state index is 1.12. The Balaban J connectivity index is 3.03. The van der Waals surface area contributed by atoms with Crippen LogP contribution in [-0.4, -0.2) is 16.0 Å². The summed E-state index contributed by atoms with van der Waals surface area (Å²) in [5, 5.41) is 0. The fourth-order valence-corrected chi connectivity index (χ4v) is 0.984. The molecule has 0 aliphatic carbocycles. The predicted octanol–water partition coefficient (Wildman–Crippen LogP) is 1.24. The van der Waals surface area contributed by atoms with E-state index in [-0.39, 0.29) is 0 Å². The summed E-state index contributed by atoms with van der Waals surface area (Å²) in [6, 6.07) is 8.05. The van der Waals surface area contributed by atoms with E-state index in [4.69, 9.17) is 0 Å². The summed E-state index contributed by atoms with van der Waals surface area (Å²) >= 11 is 6.24. The van der Waals surface area contributed by atoms with Crippen LogP contribution >= 0.6 is 15.9 Å². The third-order valence-corrected chi connectivity index (χ3v) is 1.91. The van der Waals surface area contributed by atoms with Gasteiger partial charge in [-0.3, -0.25) is 0 Å². The molecule has 0 fully saturated rings. The monoisotopic (exact) mass is 235 g/mol. The molecule has 0 spiro atoms. The summed E-state index contributed by atoms with van der Waals surface area (Å²) in [6.07, 6.45) is 0. The Bertz CT molecular complexity index is 147. The molecule has 0 heterocycles. The van der Waals surface area contributed by atoms with Crippen LogP contribution < -0.4 is 4.46 Å². The quantitative estimate of drug-likeness (QED) is 0.593. The zero-order valence-electron chi connectivity index (χ0n) is 4.10. The predicted molar refractivity (Wildman–Crippen MR) is 39.5 cm³/mol. The van der Waals surface area contributed by atoms with Gasteiger partial charge in [0.1, 0.15) is 0 Å². The van der Waals surface area contributed by atoms with E-state index in [9.17, 15) is 0 Å². The third kappa shape index (κ3) is 1.62. The van der Waals surface area contributed by atoms with Gasteiger partial charge in [0.15, 0.2) is 0 Å². The molecule has 0 radical (unpaired) electrons. The maximum absolute atomic E-state index is 3.33. The normalized spacial score (nSPS) is 9.12. The first-order chi connectivity index (χ1) is 3.79. The Morgan fingerprint density at radius 3 is 2.00 bits per heavy atom. The van der Waals surface area contributed by atoms with E-state index in [2.05, 4.69) is 31.9 Å². The van der Waals surface area contributed by atoms with Crippen molar-refractivity contribution in [3.8, 4) is 0 Å². The van der Waals surface area contributed by atoms with Gasteiger partial charge in [0, 0.05) is 0 Å². The Morgan fingerprint density at radius 2 is 1.62 bits per heavy atom. The van der Waals surface area contributed by atoms with Crippen molar-refractivity contribution in [3.05, 3.63) is 28.7 Å². The molecule has 0 saturated carbocycles. The van der Waals surface area contributed by atoms with Gasteiger partial charge >= 0.3 is 65.1 Å². The molecule has 0 N–H and O–H groups in total. The van der Waals surface area contributed by atoms with E-state index in [0.29, 0.717) is 0 Å². The standard InChI is InChI=1S/C6H5BrSe/c7-5-1-3-6(8)4-2-5/h1-4,8H/p-1. The molecule has 0 unspecified atom stereocenters. The Morgan fingerprint density at radius 1 is 1.12 bits per heavy atom. The van der Waals surface area contributed by atoms with Crippen molar-refractivity contribution in [1.29, 1.82) is 0 Å². The van der Waals surface area contributed by atoms with E-state index in [1.165, 1.54) is 4.46 Å². The number of halogens is 1. The summed E-state index contributed by atoms with van der Waals surface area (Å²) in [5.74, 6) is 0. The molecule has 2 heteroatoms. The van der Waals surface area contributed by atoms with Crippen molar-refractivity contribution in [2.45, 2.75) is 0 Å². The van der Waals surface area contributed by atoms with Crippen molar-refractivity contribution >= 4 is 36.4 Å². The average molecular weight is 235 g/mol. The van der Waals surface area contributed by atoms with Crippen LogP contribution in [0, 0.1) is 0 Å². The zero-order chi connectivity index (χ0) is 5.98. The van der Waals surface area contributed by atoms with Crippen molar-refractivity contribution in [2.24, 2.45) is 0 Å². The van der Waals surface area contributed by atoms with Gasteiger partial charge < -0.3 is 0 Å². The van der Waals surface area contributed by atoms with Crippen LogP contribution in [0.2, 0.25) is 0 Å². The van der Waals surface area contributed by atoms with Gasteiger partial charge in [-0.2, -0.15) is 0 Å². The Hall–Kier alpha value is 0.219. The summed E-state index contributed by atoms with van der Waals surface area (Å²) in [4.78, 5) is 0. The van der Waals surface area contributed by atoms with E-state index >= 15 is 0 Å². The molecular weight excluding hydrogens is 231 g/mol. The van der Waals surface area contributed by atoms with Crippen LogP contribution in [0.25, 0.3) is 0 Å². The number of hydrogen-bond acceptors (Lipinski definition) is 0. The summed E-state index contributed by atoms with van der Waals surface area (Å²) < 4.78 is 2.30. The molecule has 0 bridgehead atoms. The van der Waals surface area contributed by atoms with Gasteiger partial charge in [-0.25, -0.2) is 0 Å². The molecule has 0 aromatic heterocycles. The molecule has 1 rings (SSSR count). The number of benzene rings is 1. The van der Waals surface area contributed by atoms with E-state index in [1.807, 2.05) is 24.3 Å². The Labute approximate surface area is 65.2 Å². The summed E-state index contributed by atoms with van der Waals surface area (Å²) in [6.45, 7) is 0. The number of hydrogen-bond donors (Lipinski definition) is 0. The van der Waals surface area contributed by atoms with Crippen molar-refractivity contribution in [2.75, 3.05) is 0 Å². The van der Waals surface area contributed by atoms with Crippen LogP contribution in [-0.2, 0) is 0 Å². The number of rotatable bonds is 0. The van der Waals surface area contributed by atoms with Gasteiger partial charge in [0.25, 0.3) is 0 Å². The van der Waals surface area contributed by atoms with Crippen LogP contribution in [0.4, 0.5) is 0 Å². The van der Waals surface area contributed by atoms with Crippen LogP contribution in [0.15, 0.2) is 28.7 Å². The maximum atomic E-state index is 3.33. The van der Waals surface area contributed by atoms with E-state index < -0.39 is 0 Å². The zero-order valence-corrected chi connectivity index (χ0v) is 7.39. The van der Waals surface area contributed by atoms with Gasteiger partial charge in [-0.15, -0.1) is 0 Å². The molecule has 0 atom stereocenters. The van der Waals surface area contributed by atoms with Gasteiger partial charge in [-0.1, -0.05) is 0 Å². The van der Waals surface area contributed by atoms with Gasteiger partial charge in [-0.05, 0) is 0 Å². The average Bonchev–Trinajstić information content (AvgIpc) is 1.77. The molecule has 1 aromatic rings. The molecule has 0 saturated heterocycles. The molecule has 0 aliphatic rings. The first-order valence-corrected chi connectivity index (χ1v) is 3.86. The van der Waals surface area contributed by atoms with Crippen molar-refractivity contribution < 1.29 is 0 Å². The van der Waals surface area contributed by atoms with Gasteiger partial charge in [0.2, 0.25) is 0 Å². The van der Waals surface area contributed by atoms with Crippen LogP contribution in [0.3, 0.4) is 0 Å². The fourth-order valence-electron chi connectivity index (χ4n) is 0.435. The second-order valence-corrected chi connectivity index (χ2v) is 3.36. The van der Waals surface area contributed by atoms with Gasteiger partial charge in [0.05, 0.1) is 0 Å². The van der Waals surface area contributed by atoms with Crippen molar-refractivity contribution in [3.63, 3.8) is 0 Å². The second-order valence-electron chi connectivity index (χ2n) is 1.45. The minimum absolute atomic E-state index is 1.12. The topological polar surface area (TPSA) is 0 Å². The van der Waals surface area contributed by atoms with E-state index in [0.717, 1.165) is 4.47 Å². The first-order valence-electron chi connectivity index (χ1n) is 2.21.